The maximum Gasteiger partial charge on any atom is 0.416 e. The molecule has 14 heavy (non-hydrogen) atoms. The van der Waals surface area contributed by atoms with Crippen molar-refractivity contribution in [3.05, 3.63) is 35.1 Å². The van der Waals surface area contributed by atoms with Crippen LogP contribution in [0.5, 0.6) is 0 Å². The van der Waals surface area contributed by atoms with Crippen LogP contribution < -0.4 is 0 Å². The smallest absolute Gasteiger partial charge is 0.303 e. The molecule has 0 atom stereocenters. The van der Waals surface area contributed by atoms with Crippen molar-refractivity contribution in [1.29, 1.82) is 0 Å². The SMILES string of the molecule is O=CCc1cc(C(F)(F)F)ccc1F. The van der Waals surface area contributed by atoms with Gasteiger partial charge in [0.05, 0.1) is 5.56 Å². The average Bonchev–Trinajstić information content (AvgIpc) is 2.07. The van der Waals surface area contributed by atoms with E-state index in [2.05, 4.69) is 0 Å². The molecular weight excluding hydrogens is 200 g/mol. The highest BCUT2D eigenvalue weighted by molar-refractivity contribution is 5.55. The van der Waals surface area contributed by atoms with Crippen LogP contribution in [0.4, 0.5) is 17.6 Å². The molecule has 1 nitrogen and oxygen atoms in total. The van der Waals surface area contributed by atoms with Gasteiger partial charge in [0.1, 0.15) is 12.1 Å². The summed E-state index contributed by atoms with van der Waals surface area (Å²) in [6, 6.07) is 2.00. The molecule has 76 valence electrons. The fourth-order valence-corrected chi connectivity index (χ4v) is 0.997. The molecule has 0 saturated carbocycles. The van der Waals surface area contributed by atoms with Gasteiger partial charge < -0.3 is 4.79 Å². The van der Waals surface area contributed by atoms with E-state index in [0.717, 1.165) is 0 Å². The van der Waals surface area contributed by atoms with Crippen molar-refractivity contribution in [2.75, 3.05) is 0 Å². The number of halogens is 4. The first-order valence-electron chi connectivity index (χ1n) is 3.74. The number of rotatable bonds is 2. The highest BCUT2D eigenvalue weighted by Gasteiger charge is 2.30. The quantitative estimate of drug-likeness (QED) is 0.537. The van der Waals surface area contributed by atoms with Gasteiger partial charge in [0.25, 0.3) is 0 Å². The largest absolute Gasteiger partial charge is 0.416 e. The second-order valence-corrected chi connectivity index (χ2v) is 2.67. The Morgan fingerprint density at radius 3 is 2.43 bits per heavy atom. The van der Waals surface area contributed by atoms with Gasteiger partial charge in [0.2, 0.25) is 0 Å². The third-order valence-electron chi connectivity index (χ3n) is 1.68. The predicted molar refractivity (Wildman–Crippen MR) is 41.2 cm³/mol. The molecule has 1 aromatic carbocycles. The van der Waals surface area contributed by atoms with Gasteiger partial charge in [-0.2, -0.15) is 13.2 Å². The van der Waals surface area contributed by atoms with Crippen molar-refractivity contribution in [2.24, 2.45) is 0 Å². The van der Waals surface area contributed by atoms with E-state index in [1.54, 1.807) is 0 Å². The fraction of sp³-hybridized carbons (Fsp3) is 0.222. The zero-order valence-corrected chi connectivity index (χ0v) is 6.94. The maximum absolute atomic E-state index is 12.8. The van der Waals surface area contributed by atoms with Crippen LogP contribution in [0.15, 0.2) is 18.2 Å². The number of carbonyl (C=O) groups is 1. The van der Waals surface area contributed by atoms with Gasteiger partial charge in [-0.25, -0.2) is 4.39 Å². The zero-order valence-electron chi connectivity index (χ0n) is 6.94. The minimum Gasteiger partial charge on any atom is -0.303 e. The molecule has 0 radical (unpaired) electrons. The molecule has 5 heteroatoms. The summed E-state index contributed by atoms with van der Waals surface area (Å²) < 4.78 is 49.2. The Morgan fingerprint density at radius 1 is 1.29 bits per heavy atom. The van der Waals surface area contributed by atoms with Crippen molar-refractivity contribution in [3.63, 3.8) is 0 Å². The Hall–Kier alpha value is -1.39. The molecule has 1 rings (SSSR count). The van der Waals surface area contributed by atoms with E-state index in [1.807, 2.05) is 0 Å². The maximum atomic E-state index is 12.8. The summed E-state index contributed by atoms with van der Waals surface area (Å²) in [5, 5.41) is 0. The third kappa shape index (κ3) is 2.31. The molecule has 0 aliphatic carbocycles. The van der Waals surface area contributed by atoms with E-state index < -0.39 is 17.6 Å². The van der Waals surface area contributed by atoms with Crippen LogP contribution in [0.3, 0.4) is 0 Å². The number of hydrogen-bond donors (Lipinski definition) is 0. The molecule has 1 aromatic rings. The molecule has 0 aliphatic heterocycles. The standard InChI is InChI=1S/C9H6F4O/c10-8-2-1-7(9(11,12)13)5-6(8)3-4-14/h1-2,4-5H,3H2. The van der Waals surface area contributed by atoms with E-state index in [4.69, 9.17) is 0 Å². The van der Waals surface area contributed by atoms with Gasteiger partial charge in [0, 0.05) is 6.42 Å². The van der Waals surface area contributed by atoms with Gasteiger partial charge in [-0.1, -0.05) is 0 Å². The second-order valence-electron chi connectivity index (χ2n) is 2.67. The first-order chi connectivity index (χ1) is 6.45. The molecular formula is C9H6F4O. The Bertz CT molecular complexity index is 343. The third-order valence-corrected chi connectivity index (χ3v) is 1.68. The van der Waals surface area contributed by atoms with Crippen LogP contribution in [0.25, 0.3) is 0 Å². The van der Waals surface area contributed by atoms with Crippen LogP contribution in [-0.2, 0) is 17.4 Å². The molecule has 0 N–H and O–H groups in total. The van der Waals surface area contributed by atoms with Gasteiger partial charge in [-0.15, -0.1) is 0 Å². The molecule has 0 amide bonds. The van der Waals surface area contributed by atoms with Crippen molar-refractivity contribution in [3.8, 4) is 0 Å². The van der Waals surface area contributed by atoms with E-state index in [1.165, 1.54) is 0 Å². The van der Waals surface area contributed by atoms with Crippen LogP contribution in [0.1, 0.15) is 11.1 Å². The number of aldehydes is 1. The van der Waals surface area contributed by atoms with Gasteiger partial charge in [-0.05, 0) is 23.8 Å². The molecule has 0 aromatic heterocycles. The highest BCUT2D eigenvalue weighted by atomic mass is 19.4. The van der Waals surface area contributed by atoms with E-state index >= 15 is 0 Å². The number of carbonyl (C=O) groups excluding carboxylic acids is 1. The summed E-state index contributed by atoms with van der Waals surface area (Å²) in [5.41, 5.74) is -1.19. The summed E-state index contributed by atoms with van der Waals surface area (Å²) in [7, 11) is 0. The second kappa shape index (κ2) is 3.77. The summed E-state index contributed by atoms with van der Waals surface area (Å²) in [6.07, 6.45) is -4.50. The van der Waals surface area contributed by atoms with Crippen molar-refractivity contribution in [2.45, 2.75) is 12.6 Å². The van der Waals surface area contributed by atoms with Crippen molar-refractivity contribution < 1.29 is 22.4 Å². The van der Waals surface area contributed by atoms with Gasteiger partial charge in [-0.3, -0.25) is 0 Å². The van der Waals surface area contributed by atoms with Crippen LogP contribution in [-0.4, -0.2) is 6.29 Å². The lowest BCUT2D eigenvalue weighted by molar-refractivity contribution is -0.137. The van der Waals surface area contributed by atoms with Crippen LogP contribution >= 0.6 is 0 Å². The molecule has 0 heterocycles. The first kappa shape index (κ1) is 10.7. The minimum absolute atomic E-state index is 0.241. The zero-order chi connectivity index (χ0) is 10.8. The van der Waals surface area contributed by atoms with Crippen molar-refractivity contribution >= 4 is 6.29 Å². The Kier molecular flexibility index (Phi) is 2.88. The highest BCUT2D eigenvalue weighted by Crippen LogP contribution is 2.30. The lowest BCUT2D eigenvalue weighted by Crippen LogP contribution is -2.06. The minimum atomic E-state index is -4.51. The number of benzene rings is 1. The van der Waals surface area contributed by atoms with Gasteiger partial charge >= 0.3 is 6.18 Å². The molecule has 0 spiro atoms. The fourth-order valence-electron chi connectivity index (χ4n) is 0.997. The van der Waals surface area contributed by atoms with E-state index in [0.29, 0.717) is 24.5 Å². The molecule has 0 unspecified atom stereocenters. The molecule has 0 fully saturated rings. The number of hydrogen-bond acceptors (Lipinski definition) is 1. The van der Waals surface area contributed by atoms with Crippen molar-refractivity contribution in [1.82, 2.24) is 0 Å². The predicted octanol–water partition coefficient (Wildman–Crippen LogP) is 2.59. The van der Waals surface area contributed by atoms with Crippen LogP contribution in [0.2, 0.25) is 0 Å². The molecule has 0 saturated heterocycles. The Balaban J connectivity index is 3.12. The monoisotopic (exact) mass is 206 g/mol. The first-order valence-corrected chi connectivity index (χ1v) is 3.74. The normalized spacial score (nSPS) is 11.4. The lowest BCUT2D eigenvalue weighted by atomic mass is 10.1. The molecule has 0 aliphatic rings. The summed E-state index contributed by atoms with van der Waals surface area (Å²) in [4.78, 5) is 10.0. The van der Waals surface area contributed by atoms with Gasteiger partial charge in [0.15, 0.2) is 0 Å². The Labute approximate surface area is 77.3 Å². The van der Waals surface area contributed by atoms with E-state index in [9.17, 15) is 22.4 Å². The molecule has 0 bridgehead atoms. The lowest BCUT2D eigenvalue weighted by Gasteiger charge is -2.07. The summed E-state index contributed by atoms with van der Waals surface area (Å²) >= 11 is 0. The Morgan fingerprint density at radius 2 is 1.93 bits per heavy atom. The number of alkyl halides is 3. The van der Waals surface area contributed by atoms with E-state index in [-0.39, 0.29) is 12.0 Å². The van der Waals surface area contributed by atoms with Crippen LogP contribution in [0, 0.1) is 5.82 Å². The summed E-state index contributed by atoms with van der Waals surface area (Å²) in [6.45, 7) is 0. The average molecular weight is 206 g/mol. The topological polar surface area (TPSA) is 17.1 Å². The summed E-state index contributed by atoms with van der Waals surface area (Å²) in [5.74, 6) is -0.801.